The van der Waals surface area contributed by atoms with Crippen molar-refractivity contribution < 1.29 is 11.5 Å². The smallest absolute Gasteiger partial charge is 0.241 e. The third-order valence-corrected chi connectivity index (χ3v) is 2.90. The predicted octanol–water partition coefficient (Wildman–Crippen LogP) is 1.37. The van der Waals surface area contributed by atoms with Crippen LogP contribution >= 0.6 is 23.0 Å². The molecule has 0 fully saturated rings. The highest BCUT2D eigenvalue weighted by molar-refractivity contribution is 14.1. The van der Waals surface area contributed by atoms with Crippen LogP contribution in [0.5, 0.6) is 5.75 Å². The Kier molecular flexibility index (Phi) is 3.14. The molecular formula is C7H8INO3S. The number of hydrogen-bond donors (Lipinski definition) is 1. The molecule has 0 aliphatic rings. The molecule has 0 aromatic heterocycles. The zero-order valence-electron chi connectivity index (χ0n) is 6.82. The van der Waals surface area contributed by atoms with Crippen molar-refractivity contribution >= 4 is 33.0 Å². The number of benzene rings is 1. The zero-order valence-corrected chi connectivity index (χ0v) is 9.79. The van der Waals surface area contributed by atoms with Gasteiger partial charge in [-0.3, -0.25) is 0 Å². The van der Waals surface area contributed by atoms with Crippen LogP contribution in [0, 0.1) is 6.92 Å². The molecule has 0 bridgehead atoms. The van der Waals surface area contributed by atoms with E-state index in [-0.39, 0.29) is 10.6 Å². The van der Waals surface area contributed by atoms with Gasteiger partial charge < -0.3 is 3.07 Å². The quantitative estimate of drug-likeness (QED) is 0.839. The zero-order chi connectivity index (χ0) is 10.1. The molecular weight excluding hydrogens is 305 g/mol. The summed E-state index contributed by atoms with van der Waals surface area (Å²) in [5.74, 6) is 0.258. The van der Waals surface area contributed by atoms with Gasteiger partial charge in [-0.1, -0.05) is 6.07 Å². The van der Waals surface area contributed by atoms with E-state index in [2.05, 4.69) is 0 Å². The number of sulfonamides is 1. The Morgan fingerprint density at radius 2 is 2.08 bits per heavy atom. The minimum Gasteiger partial charge on any atom is -0.426 e. The molecule has 1 rings (SSSR count). The Labute approximate surface area is 90.8 Å². The summed E-state index contributed by atoms with van der Waals surface area (Å²) in [6, 6.07) is 4.80. The molecule has 2 N–H and O–H groups in total. The van der Waals surface area contributed by atoms with E-state index >= 15 is 0 Å². The normalized spacial score (nSPS) is 11.3. The number of primary sulfonamides is 1. The average Bonchev–Trinajstić information content (AvgIpc) is 2.03. The van der Waals surface area contributed by atoms with Gasteiger partial charge >= 0.3 is 0 Å². The summed E-state index contributed by atoms with van der Waals surface area (Å²) in [5, 5.41) is 4.99. The third-order valence-electron chi connectivity index (χ3n) is 1.49. The number of rotatable bonds is 2. The minimum atomic E-state index is -3.70. The summed E-state index contributed by atoms with van der Waals surface area (Å²) in [6.45, 7) is 1.78. The van der Waals surface area contributed by atoms with Crippen LogP contribution in [0.3, 0.4) is 0 Å². The van der Waals surface area contributed by atoms with Gasteiger partial charge in [-0.15, -0.1) is 0 Å². The number of halogens is 1. The van der Waals surface area contributed by atoms with Crippen molar-refractivity contribution in [3.05, 3.63) is 23.8 Å². The Hall–Kier alpha value is -0.340. The lowest BCUT2D eigenvalue weighted by molar-refractivity contribution is 0.591. The van der Waals surface area contributed by atoms with Crippen LogP contribution in [-0.4, -0.2) is 8.42 Å². The maximum atomic E-state index is 11.1. The minimum absolute atomic E-state index is 0.0156. The van der Waals surface area contributed by atoms with Crippen LogP contribution in [-0.2, 0) is 10.0 Å². The van der Waals surface area contributed by atoms with Crippen LogP contribution in [0.2, 0.25) is 0 Å². The Balaban J connectivity index is 3.41. The van der Waals surface area contributed by atoms with Gasteiger partial charge in [0.05, 0.1) is 0 Å². The summed E-state index contributed by atoms with van der Waals surface area (Å²) in [6.07, 6.45) is 0. The van der Waals surface area contributed by atoms with Crippen molar-refractivity contribution in [2.24, 2.45) is 5.14 Å². The fraction of sp³-hybridized carbons (Fsp3) is 0.143. The highest BCUT2D eigenvalue weighted by atomic mass is 127. The first kappa shape index (κ1) is 10.7. The molecule has 0 atom stereocenters. The molecule has 0 radical (unpaired) electrons. The molecule has 13 heavy (non-hydrogen) atoms. The van der Waals surface area contributed by atoms with E-state index in [1.165, 1.54) is 6.07 Å². The monoisotopic (exact) mass is 313 g/mol. The summed E-state index contributed by atoms with van der Waals surface area (Å²) >= 11 is 1.61. The van der Waals surface area contributed by atoms with E-state index in [1.807, 2.05) is 0 Å². The average molecular weight is 313 g/mol. The SMILES string of the molecule is Cc1ccc(OI)c(S(N)(=O)=O)c1. The van der Waals surface area contributed by atoms with Crippen LogP contribution in [0.1, 0.15) is 5.56 Å². The van der Waals surface area contributed by atoms with Gasteiger partial charge in [-0.2, -0.15) is 0 Å². The largest absolute Gasteiger partial charge is 0.426 e. The molecule has 0 saturated carbocycles. The molecule has 72 valence electrons. The van der Waals surface area contributed by atoms with E-state index in [0.717, 1.165) is 5.56 Å². The highest BCUT2D eigenvalue weighted by Crippen LogP contribution is 2.25. The van der Waals surface area contributed by atoms with Crippen molar-refractivity contribution in [3.63, 3.8) is 0 Å². The van der Waals surface area contributed by atoms with Gasteiger partial charge in [-0.25, -0.2) is 13.6 Å². The topological polar surface area (TPSA) is 69.4 Å². The van der Waals surface area contributed by atoms with Crippen LogP contribution in [0.25, 0.3) is 0 Å². The van der Waals surface area contributed by atoms with Crippen molar-refractivity contribution in [1.82, 2.24) is 0 Å². The molecule has 0 aliphatic carbocycles. The molecule has 0 aliphatic heterocycles. The van der Waals surface area contributed by atoms with Crippen molar-refractivity contribution in [3.8, 4) is 5.75 Å². The first-order valence-electron chi connectivity index (χ1n) is 3.37. The molecule has 1 aromatic rings. The summed E-state index contributed by atoms with van der Waals surface area (Å²) < 4.78 is 27.0. The molecule has 4 nitrogen and oxygen atoms in total. The van der Waals surface area contributed by atoms with E-state index in [9.17, 15) is 8.42 Å². The van der Waals surface area contributed by atoms with Crippen molar-refractivity contribution in [1.29, 1.82) is 0 Å². The number of hydrogen-bond acceptors (Lipinski definition) is 3. The molecule has 0 unspecified atom stereocenters. The fourth-order valence-corrected chi connectivity index (χ4v) is 2.18. The lowest BCUT2D eigenvalue weighted by atomic mass is 10.2. The Morgan fingerprint density at radius 3 is 2.54 bits per heavy atom. The molecule has 0 spiro atoms. The molecule has 1 aromatic carbocycles. The van der Waals surface area contributed by atoms with Gasteiger partial charge in [0.15, 0.2) is 28.8 Å². The van der Waals surface area contributed by atoms with E-state index in [4.69, 9.17) is 8.21 Å². The lowest BCUT2D eigenvalue weighted by Crippen LogP contribution is -2.13. The first-order chi connectivity index (χ1) is 5.95. The van der Waals surface area contributed by atoms with Crippen molar-refractivity contribution in [2.45, 2.75) is 11.8 Å². The Bertz CT molecular complexity index is 416. The second kappa shape index (κ2) is 3.81. The maximum absolute atomic E-state index is 11.1. The maximum Gasteiger partial charge on any atom is 0.241 e. The second-order valence-corrected chi connectivity index (χ2v) is 4.54. The first-order valence-corrected chi connectivity index (χ1v) is 5.80. The summed E-state index contributed by atoms with van der Waals surface area (Å²) in [5.41, 5.74) is 0.821. The van der Waals surface area contributed by atoms with E-state index < -0.39 is 10.0 Å². The Morgan fingerprint density at radius 1 is 1.46 bits per heavy atom. The second-order valence-electron chi connectivity index (χ2n) is 2.57. The van der Waals surface area contributed by atoms with Gasteiger partial charge in [0.25, 0.3) is 0 Å². The van der Waals surface area contributed by atoms with Gasteiger partial charge in [-0.05, 0) is 24.6 Å². The summed E-state index contributed by atoms with van der Waals surface area (Å²) in [7, 11) is -3.70. The molecule has 6 heteroatoms. The third kappa shape index (κ3) is 2.55. The number of nitrogens with two attached hydrogens (primary N) is 1. The predicted molar refractivity (Wildman–Crippen MR) is 57.2 cm³/mol. The van der Waals surface area contributed by atoms with Crippen LogP contribution in [0.4, 0.5) is 0 Å². The molecule has 0 saturated heterocycles. The van der Waals surface area contributed by atoms with Crippen LogP contribution < -0.4 is 8.21 Å². The van der Waals surface area contributed by atoms with Crippen LogP contribution in [0.15, 0.2) is 23.1 Å². The van der Waals surface area contributed by atoms with Gasteiger partial charge in [0, 0.05) is 0 Å². The summed E-state index contributed by atoms with van der Waals surface area (Å²) in [4.78, 5) is 0.0156. The number of aryl methyl sites for hydroxylation is 1. The highest BCUT2D eigenvalue weighted by Gasteiger charge is 2.14. The van der Waals surface area contributed by atoms with E-state index in [1.54, 1.807) is 42.1 Å². The van der Waals surface area contributed by atoms with Gasteiger partial charge in [0.2, 0.25) is 10.0 Å². The van der Waals surface area contributed by atoms with Crippen molar-refractivity contribution in [2.75, 3.05) is 0 Å². The standard InChI is InChI=1S/C7H8INO3S/c1-5-2-3-6(12-8)7(4-5)13(9,10)11/h2-4H,1H3,(H2,9,10,11). The van der Waals surface area contributed by atoms with Gasteiger partial charge in [0.1, 0.15) is 4.90 Å². The fourth-order valence-electron chi connectivity index (χ4n) is 0.901. The molecule has 0 heterocycles. The lowest BCUT2D eigenvalue weighted by Gasteiger charge is -2.04. The molecule has 0 amide bonds. The van der Waals surface area contributed by atoms with E-state index in [0.29, 0.717) is 0 Å².